The van der Waals surface area contributed by atoms with E-state index in [9.17, 15) is 9.59 Å². The first-order chi connectivity index (χ1) is 17.2. The van der Waals surface area contributed by atoms with Gasteiger partial charge in [0.1, 0.15) is 5.00 Å². The second-order valence-electron chi connectivity index (χ2n) is 10.5. The van der Waals surface area contributed by atoms with Gasteiger partial charge in [-0.25, -0.2) is 0 Å². The van der Waals surface area contributed by atoms with E-state index in [0.29, 0.717) is 27.1 Å². The number of fused-ring (bicyclic) bond motifs is 2. The third-order valence-electron chi connectivity index (χ3n) is 7.07. The molecule has 0 spiro atoms. The second-order valence-corrected chi connectivity index (χ2v) is 12.0. The summed E-state index contributed by atoms with van der Waals surface area (Å²) in [4.78, 5) is 28.1. The van der Waals surface area contributed by atoms with Gasteiger partial charge in [0.25, 0.3) is 11.8 Å². The molecule has 1 heterocycles. The van der Waals surface area contributed by atoms with Crippen LogP contribution in [0.3, 0.4) is 0 Å². The van der Waals surface area contributed by atoms with E-state index in [4.69, 9.17) is 11.6 Å². The number of halogens is 1. The molecule has 0 aliphatic heterocycles. The van der Waals surface area contributed by atoms with Crippen molar-refractivity contribution in [1.29, 1.82) is 0 Å². The van der Waals surface area contributed by atoms with Crippen molar-refractivity contribution in [3.63, 3.8) is 0 Å². The van der Waals surface area contributed by atoms with E-state index in [1.165, 1.54) is 16.2 Å². The van der Waals surface area contributed by atoms with Gasteiger partial charge in [-0.15, -0.1) is 11.3 Å². The molecule has 2 N–H and O–H groups in total. The zero-order chi connectivity index (χ0) is 25.4. The van der Waals surface area contributed by atoms with Crippen molar-refractivity contribution in [2.75, 3.05) is 10.6 Å². The molecule has 0 radical (unpaired) electrons. The van der Waals surface area contributed by atoms with Crippen molar-refractivity contribution in [2.45, 2.75) is 40.0 Å². The molecule has 0 fully saturated rings. The Hall–Kier alpha value is -3.15. The third-order valence-corrected chi connectivity index (χ3v) is 8.47. The maximum absolute atomic E-state index is 13.8. The minimum atomic E-state index is -0.275. The van der Waals surface area contributed by atoms with E-state index in [1.54, 1.807) is 24.3 Å². The van der Waals surface area contributed by atoms with E-state index < -0.39 is 0 Å². The molecule has 6 heteroatoms. The lowest BCUT2D eigenvalue weighted by molar-refractivity contribution is 0.102. The molecule has 36 heavy (non-hydrogen) atoms. The average molecular weight is 517 g/mol. The van der Waals surface area contributed by atoms with Crippen LogP contribution in [0.2, 0.25) is 5.02 Å². The molecule has 4 nitrogen and oxygen atoms in total. The van der Waals surface area contributed by atoms with Gasteiger partial charge < -0.3 is 10.6 Å². The van der Waals surface area contributed by atoms with Gasteiger partial charge in [0.15, 0.2) is 0 Å². The van der Waals surface area contributed by atoms with Crippen LogP contribution in [0.25, 0.3) is 10.8 Å². The SMILES string of the molecule is CC(C)(C)C1CCc2c(sc(NC(=O)c3cccc(Cl)c3)c2C(=O)Nc2cccc3ccccc23)C1. The Bertz CT molecular complexity index is 1460. The monoisotopic (exact) mass is 516 g/mol. The van der Waals surface area contributed by atoms with Crippen LogP contribution in [0.1, 0.15) is 58.3 Å². The molecule has 1 unspecified atom stereocenters. The summed E-state index contributed by atoms with van der Waals surface area (Å²) >= 11 is 7.64. The quantitative estimate of drug-likeness (QED) is 0.287. The number of nitrogens with one attached hydrogen (secondary N) is 2. The van der Waals surface area contributed by atoms with Crippen molar-refractivity contribution in [1.82, 2.24) is 0 Å². The number of benzene rings is 3. The van der Waals surface area contributed by atoms with Crippen LogP contribution < -0.4 is 10.6 Å². The number of hydrogen-bond acceptors (Lipinski definition) is 3. The van der Waals surface area contributed by atoms with Crippen molar-refractivity contribution in [3.05, 3.63) is 93.3 Å². The summed E-state index contributed by atoms with van der Waals surface area (Å²) in [7, 11) is 0. The fraction of sp³-hybridized carbons (Fsp3) is 0.267. The van der Waals surface area contributed by atoms with Crippen molar-refractivity contribution >= 4 is 56.2 Å². The third kappa shape index (κ3) is 4.91. The molecule has 0 saturated heterocycles. The molecule has 4 aromatic rings. The molecule has 2 amide bonds. The van der Waals surface area contributed by atoms with Crippen LogP contribution in [-0.4, -0.2) is 11.8 Å². The lowest BCUT2D eigenvalue weighted by Gasteiger charge is -2.33. The maximum Gasteiger partial charge on any atom is 0.258 e. The second kappa shape index (κ2) is 9.72. The van der Waals surface area contributed by atoms with E-state index in [2.05, 4.69) is 31.4 Å². The molecular formula is C30H29ClN2O2S. The van der Waals surface area contributed by atoms with Gasteiger partial charge in [0.05, 0.1) is 5.56 Å². The first kappa shape index (κ1) is 24.5. The summed E-state index contributed by atoms with van der Waals surface area (Å²) in [6, 6.07) is 20.7. The fourth-order valence-corrected chi connectivity index (χ4v) is 6.49. The van der Waals surface area contributed by atoms with Crippen molar-refractivity contribution in [2.24, 2.45) is 11.3 Å². The molecule has 3 aromatic carbocycles. The number of amides is 2. The van der Waals surface area contributed by atoms with Crippen LogP contribution in [0.5, 0.6) is 0 Å². The van der Waals surface area contributed by atoms with Gasteiger partial charge in [-0.3, -0.25) is 9.59 Å². The van der Waals surface area contributed by atoms with E-state index >= 15 is 0 Å². The van der Waals surface area contributed by atoms with Gasteiger partial charge in [0.2, 0.25) is 0 Å². The van der Waals surface area contributed by atoms with Gasteiger partial charge in [-0.2, -0.15) is 0 Å². The van der Waals surface area contributed by atoms with Crippen LogP contribution in [0.15, 0.2) is 66.7 Å². The molecule has 0 saturated carbocycles. The Labute approximate surface area is 220 Å². The number of carbonyl (C=O) groups is 2. The Balaban J connectivity index is 1.52. The summed E-state index contributed by atoms with van der Waals surface area (Å²) in [5.74, 6) is 0.0521. The summed E-state index contributed by atoms with van der Waals surface area (Å²) in [5, 5.41) is 9.30. The summed E-state index contributed by atoms with van der Waals surface area (Å²) in [6.45, 7) is 6.81. The highest BCUT2D eigenvalue weighted by atomic mass is 35.5. The molecule has 5 rings (SSSR count). The number of anilines is 2. The molecule has 1 aliphatic rings. The van der Waals surface area contributed by atoms with Gasteiger partial charge in [-0.1, -0.05) is 74.8 Å². The molecule has 1 atom stereocenters. The molecule has 0 bridgehead atoms. The topological polar surface area (TPSA) is 58.2 Å². The lowest BCUT2D eigenvalue weighted by Crippen LogP contribution is -2.27. The summed E-state index contributed by atoms with van der Waals surface area (Å²) < 4.78 is 0. The minimum Gasteiger partial charge on any atom is -0.321 e. The predicted molar refractivity (Wildman–Crippen MR) is 151 cm³/mol. The largest absolute Gasteiger partial charge is 0.321 e. The summed E-state index contributed by atoms with van der Waals surface area (Å²) in [5.41, 5.74) is 3.03. The lowest BCUT2D eigenvalue weighted by atomic mass is 9.72. The Morgan fingerprint density at radius 1 is 0.944 bits per heavy atom. The van der Waals surface area contributed by atoms with Crippen LogP contribution in [0.4, 0.5) is 10.7 Å². The zero-order valence-electron chi connectivity index (χ0n) is 20.7. The maximum atomic E-state index is 13.8. The van der Waals surface area contributed by atoms with Gasteiger partial charge >= 0.3 is 0 Å². The Kier molecular flexibility index (Phi) is 6.62. The van der Waals surface area contributed by atoms with E-state index in [-0.39, 0.29) is 17.2 Å². The first-order valence-corrected chi connectivity index (χ1v) is 13.4. The molecule has 1 aliphatic carbocycles. The summed E-state index contributed by atoms with van der Waals surface area (Å²) in [6.07, 6.45) is 2.74. The number of hydrogen-bond donors (Lipinski definition) is 2. The average Bonchev–Trinajstić information content (AvgIpc) is 3.21. The highest BCUT2D eigenvalue weighted by molar-refractivity contribution is 7.17. The Morgan fingerprint density at radius 3 is 2.47 bits per heavy atom. The standard InChI is InChI=1S/C30H29ClN2O2S/c1-30(2,3)20-14-15-23-25(17-20)36-29(33-27(34)19-10-6-11-21(31)16-19)26(23)28(35)32-24-13-7-9-18-8-4-5-12-22(18)24/h4-13,16,20H,14-15,17H2,1-3H3,(H,32,35)(H,33,34). The van der Waals surface area contributed by atoms with Crippen LogP contribution in [0, 0.1) is 11.3 Å². The van der Waals surface area contributed by atoms with Gasteiger partial charge in [0, 0.05) is 26.5 Å². The molecule has 184 valence electrons. The smallest absolute Gasteiger partial charge is 0.258 e. The van der Waals surface area contributed by atoms with Crippen LogP contribution >= 0.6 is 22.9 Å². The van der Waals surface area contributed by atoms with E-state index in [0.717, 1.165) is 41.3 Å². The predicted octanol–water partition coefficient (Wildman–Crippen LogP) is 8.21. The highest BCUT2D eigenvalue weighted by Crippen LogP contribution is 2.44. The minimum absolute atomic E-state index is 0.178. The first-order valence-electron chi connectivity index (χ1n) is 12.2. The fourth-order valence-electron chi connectivity index (χ4n) is 4.98. The number of carbonyl (C=O) groups excluding carboxylic acids is 2. The van der Waals surface area contributed by atoms with Crippen LogP contribution in [-0.2, 0) is 12.8 Å². The molecule has 1 aromatic heterocycles. The normalized spacial score (nSPS) is 15.4. The molecular weight excluding hydrogens is 488 g/mol. The Morgan fingerprint density at radius 2 is 1.69 bits per heavy atom. The van der Waals surface area contributed by atoms with E-state index in [1.807, 2.05) is 42.5 Å². The highest BCUT2D eigenvalue weighted by Gasteiger charge is 2.34. The number of rotatable bonds is 4. The zero-order valence-corrected chi connectivity index (χ0v) is 22.2. The van der Waals surface area contributed by atoms with Crippen molar-refractivity contribution in [3.8, 4) is 0 Å². The van der Waals surface area contributed by atoms with Gasteiger partial charge in [-0.05, 0) is 65.8 Å². The number of thiophene rings is 1. The van der Waals surface area contributed by atoms with Crippen molar-refractivity contribution < 1.29 is 9.59 Å².